The number of rotatable bonds is 10. The van der Waals surface area contributed by atoms with Gasteiger partial charge in [0, 0.05) is 32.5 Å². The highest BCUT2D eigenvalue weighted by molar-refractivity contribution is 5.79. The first-order chi connectivity index (χ1) is 14.8. The van der Waals surface area contributed by atoms with E-state index in [4.69, 9.17) is 9.47 Å². The molecule has 0 radical (unpaired) electrons. The van der Waals surface area contributed by atoms with E-state index < -0.39 is 0 Å². The van der Waals surface area contributed by atoms with Gasteiger partial charge in [-0.1, -0.05) is 6.42 Å². The normalized spacial score (nSPS) is 14.0. The van der Waals surface area contributed by atoms with Crippen LogP contribution in [0.25, 0.3) is 0 Å². The molecule has 1 aliphatic heterocycles. The molecule has 1 aromatic heterocycles. The molecule has 8 nitrogen and oxygen atoms in total. The lowest BCUT2D eigenvalue weighted by molar-refractivity contribution is 0.321. The van der Waals surface area contributed by atoms with Crippen LogP contribution in [-0.4, -0.2) is 54.1 Å². The zero-order valence-electron chi connectivity index (χ0n) is 18.2. The first-order valence-corrected chi connectivity index (χ1v) is 11.0. The standard InChI is InChI=1S/C22H34N6O2/c1-3-23-22(25-15-17-30-19-12-10-18(29-2)11-13-19)24-14-7-9-21-27-26-20-8-5-4-6-16-28(20)21/h10-13H,3-9,14-17H2,1-2H3,(H2,23,24,25). The Bertz CT molecular complexity index is 787. The lowest BCUT2D eigenvalue weighted by Gasteiger charge is -2.12. The van der Waals surface area contributed by atoms with Crippen molar-refractivity contribution in [1.82, 2.24) is 25.4 Å². The van der Waals surface area contributed by atoms with E-state index in [2.05, 4.69) is 37.3 Å². The minimum Gasteiger partial charge on any atom is -0.497 e. The number of ether oxygens (including phenoxy) is 2. The van der Waals surface area contributed by atoms with Crippen LogP contribution in [0.1, 0.15) is 44.3 Å². The Morgan fingerprint density at radius 2 is 1.93 bits per heavy atom. The van der Waals surface area contributed by atoms with Crippen molar-refractivity contribution in [2.24, 2.45) is 4.99 Å². The maximum atomic E-state index is 5.75. The summed E-state index contributed by atoms with van der Waals surface area (Å²) < 4.78 is 13.2. The molecule has 2 N–H and O–H groups in total. The molecule has 0 aliphatic carbocycles. The van der Waals surface area contributed by atoms with Crippen molar-refractivity contribution in [3.8, 4) is 11.5 Å². The summed E-state index contributed by atoms with van der Waals surface area (Å²) in [6.07, 6.45) is 6.66. The molecular formula is C22H34N6O2. The maximum absolute atomic E-state index is 5.75. The zero-order valence-corrected chi connectivity index (χ0v) is 18.2. The third-order valence-corrected chi connectivity index (χ3v) is 5.08. The number of aryl methyl sites for hydroxylation is 2. The summed E-state index contributed by atoms with van der Waals surface area (Å²) in [5, 5.41) is 15.4. The number of aromatic nitrogens is 3. The summed E-state index contributed by atoms with van der Waals surface area (Å²) in [4.78, 5) is 4.68. The minimum absolute atomic E-state index is 0.558. The maximum Gasteiger partial charge on any atom is 0.191 e. The fourth-order valence-corrected chi connectivity index (χ4v) is 3.51. The Morgan fingerprint density at radius 3 is 2.73 bits per heavy atom. The van der Waals surface area contributed by atoms with Gasteiger partial charge >= 0.3 is 0 Å². The Morgan fingerprint density at radius 1 is 1.10 bits per heavy atom. The molecule has 0 saturated heterocycles. The highest BCUT2D eigenvalue weighted by atomic mass is 16.5. The summed E-state index contributed by atoms with van der Waals surface area (Å²) in [5.74, 6) is 4.72. The quantitative estimate of drug-likeness (QED) is 0.353. The van der Waals surface area contributed by atoms with E-state index in [9.17, 15) is 0 Å². The number of methoxy groups -OCH3 is 1. The molecular weight excluding hydrogens is 380 g/mol. The second kappa shape index (κ2) is 12.0. The van der Waals surface area contributed by atoms with E-state index in [0.717, 1.165) is 68.0 Å². The van der Waals surface area contributed by atoms with Crippen LogP contribution >= 0.6 is 0 Å². The van der Waals surface area contributed by atoms with Crippen LogP contribution in [0.15, 0.2) is 29.3 Å². The average molecular weight is 415 g/mol. The number of guanidine groups is 1. The Balaban J connectivity index is 1.39. The number of benzene rings is 1. The number of nitrogens with zero attached hydrogens (tertiary/aromatic N) is 4. The summed E-state index contributed by atoms with van der Waals surface area (Å²) in [7, 11) is 1.66. The van der Waals surface area contributed by atoms with Gasteiger partial charge in [0.25, 0.3) is 0 Å². The number of nitrogens with one attached hydrogen (secondary N) is 2. The molecule has 0 unspecified atom stereocenters. The lowest BCUT2D eigenvalue weighted by atomic mass is 10.2. The van der Waals surface area contributed by atoms with Gasteiger partial charge in [0.05, 0.1) is 13.7 Å². The van der Waals surface area contributed by atoms with E-state index in [1.807, 2.05) is 24.3 Å². The molecule has 1 aliphatic rings. The van der Waals surface area contributed by atoms with Crippen LogP contribution in [0.3, 0.4) is 0 Å². The van der Waals surface area contributed by atoms with Crippen LogP contribution in [0.2, 0.25) is 0 Å². The molecule has 8 heteroatoms. The fraction of sp³-hybridized carbons (Fsp3) is 0.591. The van der Waals surface area contributed by atoms with Crippen LogP contribution in [0.4, 0.5) is 0 Å². The molecule has 0 atom stereocenters. The first kappa shape index (κ1) is 21.9. The van der Waals surface area contributed by atoms with Crippen molar-refractivity contribution < 1.29 is 9.47 Å². The monoisotopic (exact) mass is 414 g/mol. The van der Waals surface area contributed by atoms with Crippen molar-refractivity contribution in [3.63, 3.8) is 0 Å². The summed E-state index contributed by atoms with van der Waals surface area (Å²) in [6.45, 7) is 5.92. The number of hydrogen-bond acceptors (Lipinski definition) is 5. The van der Waals surface area contributed by atoms with E-state index in [0.29, 0.717) is 13.2 Å². The molecule has 1 aromatic carbocycles. The second-order valence-electron chi connectivity index (χ2n) is 7.31. The largest absolute Gasteiger partial charge is 0.497 e. The zero-order chi connectivity index (χ0) is 21.0. The van der Waals surface area contributed by atoms with Crippen molar-refractivity contribution in [2.75, 3.05) is 33.4 Å². The van der Waals surface area contributed by atoms with Gasteiger partial charge in [0.15, 0.2) is 5.96 Å². The molecule has 0 amide bonds. The fourth-order valence-electron chi connectivity index (χ4n) is 3.51. The minimum atomic E-state index is 0.558. The summed E-state index contributed by atoms with van der Waals surface area (Å²) >= 11 is 0. The smallest absolute Gasteiger partial charge is 0.191 e. The average Bonchev–Trinajstić information content (AvgIpc) is 3.00. The van der Waals surface area contributed by atoms with E-state index >= 15 is 0 Å². The van der Waals surface area contributed by atoms with Gasteiger partial charge in [-0.25, -0.2) is 0 Å². The number of aliphatic imine (C=N–C) groups is 1. The number of hydrogen-bond donors (Lipinski definition) is 2. The van der Waals surface area contributed by atoms with Gasteiger partial charge < -0.3 is 24.7 Å². The van der Waals surface area contributed by atoms with Crippen molar-refractivity contribution in [2.45, 2.75) is 52.0 Å². The topological polar surface area (TPSA) is 85.6 Å². The van der Waals surface area contributed by atoms with Gasteiger partial charge in [-0.3, -0.25) is 4.99 Å². The van der Waals surface area contributed by atoms with Crippen molar-refractivity contribution >= 4 is 5.96 Å². The molecule has 3 rings (SSSR count). The summed E-state index contributed by atoms with van der Waals surface area (Å²) in [5.41, 5.74) is 0. The SMILES string of the molecule is CCNC(=NCCCc1nnc2n1CCCCC2)NCCOc1ccc(OC)cc1. The molecule has 0 bridgehead atoms. The molecule has 30 heavy (non-hydrogen) atoms. The molecule has 0 spiro atoms. The van der Waals surface area contributed by atoms with Crippen LogP contribution in [-0.2, 0) is 19.4 Å². The van der Waals surface area contributed by atoms with Crippen LogP contribution < -0.4 is 20.1 Å². The van der Waals surface area contributed by atoms with E-state index in [1.165, 1.54) is 19.3 Å². The molecule has 2 heterocycles. The lowest BCUT2D eigenvalue weighted by Crippen LogP contribution is -2.39. The number of fused-ring (bicyclic) bond motifs is 1. The predicted molar refractivity (Wildman–Crippen MR) is 118 cm³/mol. The highest BCUT2D eigenvalue weighted by Crippen LogP contribution is 2.17. The van der Waals surface area contributed by atoms with Crippen LogP contribution in [0, 0.1) is 0 Å². The third kappa shape index (κ3) is 6.64. The van der Waals surface area contributed by atoms with Crippen molar-refractivity contribution in [3.05, 3.63) is 35.9 Å². The Kier molecular flexibility index (Phi) is 8.80. The second-order valence-corrected chi connectivity index (χ2v) is 7.31. The van der Waals surface area contributed by atoms with E-state index in [-0.39, 0.29) is 0 Å². The Labute approximate surface area is 179 Å². The van der Waals surface area contributed by atoms with Gasteiger partial charge in [-0.15, -0.1) is 10.2 Å². The van der Waals surface area contributed by atoms with Gasteiger partial charge in [0.2, 0.25) is 0 Å². The third-order valence-electron chi connectivity index (χ3n) is 5.08. The van der Waals surface area contributed by atoms with Crippen LogP contribution in [0.5, 0.6) is 11.5 Å². The molecule has 164 valence electrons. The first-order valence-electron chi connectivity index (χ1n) is 11.0. The van der Waals surface area contributed by atoms with Gasteiger partial charge in [-0.05, 0) is 50.5 Å². The molecule has 2 aromatic rings. The van der Waals surface area contributed by atoms with Gasteiger partial charge in [-0.2, -0.15) is 0 Å². The molecule has 0 saturated carbocycles. The van der Waals surface area contributed by atoms with Gasteiger partial charge in [0.1, 0.15) is 29.8 Å². The van der Waals surface area contributed by atoms with E-state index in [1.54, 1.807) is 7.11 Å². The molecule has 0 fully saturated rings. The Hall–Kier alpha value is -2.77. The predicted octanol–water partition coefficient (Wildman–Crippen LogP) is 2.58. The van der Waals surface area contributed by atoms with Crippen molar-refractivity contribution in [1.29, 1.82) is 0 Å². The highest BCUT2D eigenvalue weighted by Gasteiger charge is 2.14. The summed E-state index contributed by atoms with van der Waals surface area (Å²) in [6, 6.07) is 7.59.